The van der Waals surface area contributed by atoms with Gasteiger partial charge < -0.3 is 15.0 Å². The Morgan fingerprint density at radius 1 is 1.30 bits per heavy atom. The molecule has 118 valence electrons. The third kappa shape index (κ3) is 3.53. The van der Waals surface area contributed by atoms with Crippen LogP contribution >= 0.6 is 15.9 Å². The van der Waals surface area contributed by atoms with Crippen molar-refractivity contribution >= 4 is 32.9 Å². The normalized spacial score (nSPS) is 10.7. The Kier molecular flexibility index (Phi) is 4.62. The van der Waals surface area contributed by atoms with Gasteiger partial charge in [-0.3, -0.25) is 4.79 Å². The standard InChI is InChI=1S/C17H16BrN3O2/c1-23-11-6-7-14-15(10-11)21-16(20-14)8-9-19-17(22)12-4-2-3-5-13(12)18/h2-7,10H,8-9H2,1H3,(H,19,22)(H,20,21). The van der Waals surface area contributed by atoms with Crippen molar-refractivity contribution in [2.45, 2.75) is 6.42 Å². The molecular formula is C17H16BrN3O2. The molecule has 0 saturated carbocycles. The predicted octanol–water partition coefficient (Wildman–Crippen LogP) is 3.31. The number of hydrogen-bond acceptors (Lipinski definition) is 3. The molecule has 0 aliphatic carbocycles. The number of ether oxygens (including phenoxy) is 1. The molecule has 0 aliphatic rings. The molecule has 6 heteroatoms. The van der Waals surface area contributed by atoms with Gasteiger partial charge in [-0.15, -0.1) is 0 Å². The van der Waals surface area contributed by atoms with Gasteiger partial charge in [-0.25, -0.2) is 4.98 Å². The largest absolute Gasteiger partial charge is 0.497 e. The first-order chi connectivity index (χ1) is 11.2. The number of methoxy groups -OCH3 is 1. The molecule has 0 fully saturated rings. The Morgan fingerprint density at radius 3 is 2.91 bits per heavy atom. The smallest absolute Gasteiger partial charge is 0.252 e. The minimum absolute atomic E-state index is 0.102. The molecule has 1 heterocycles. The van der Waals surface area contributed by atoms with Gasteiger partial charge in [0, 0.05) is 23.5 Å². The fourth-order valence-corrected chi connectivity index (χ4v) is 2.79. The molecule has 3 rings (SSSR count). The topological polar surface area (TPSA) is 67.0 Å². The number of benzene rings is 2. The Hall–Kier alpha value is -2.34. The first-order valence-corrected chi connectivity index (χ1v) is 8.02. The number of imidazole rings is 1. The zero-order valence-corrected chi connectivity index (χ0v) is 14.2. The number of fused-ring (bicyclic) bond motifs is 1. The van der Waals surface area contributed by atoms with Crippen LogP contribution in [-0.4, -0.2) is 29.5 Å². The lowest BCUT2D eigenvalue weighted by atomic mass is 10.2. The molecule has 2 N–H and O–H groups in total. The predicted molar refractivity (Wildman–Crippen MR) is 92.8 cm³/mol. The lowest BCUT2D eigenvalue weighted by molar-refractivity contribution is 0.0953. The molecule has 5 nitrogen and oxygen atoms in total. The molecule has 0 radical (unpaired) electrons. The van der Waals surface area contributed by atoms with Crippen molar-refractivity contribution in [3.63, 3.8) is 0 Å². The molecule has 3 aromatic rings. The summed E-state index contributed by atoms with van der Waals surface area (Å²) in [6.45, 7) is 0.511. The van der Waals surface area contributed by atoms with E-state index in [1.165, 1.54) is 0 Å². The number of carbonyl (C=O) groups is 1. The third-order valence-corrected chi connectivity index (χ3v) is 4.20. The monoisotopic (exact) mass is 373 g/mol. The lowest BCUT2D eigenvalue weighted by Gasteiger charge is -2.05. The number of nitrogens with one attached hydrogen (secondary N) is 2. The van der Waals surface area contributed by atoms with E-state index in [4.69, 9.17) is 4.74 Å². The van der Waals surface area contributed by atoms with E-state index < -0.39 is 0 Å². The molecular weight excluding hydrogens is 358 g/mol. The summed E-state index contributed by atoms with van der Waals surface area (Å²) in [5.41, 5.74) is 2.44. The molecule has 0 atom stereocenters. The van der Waals surface area contributed by atoms with Crippen molar-refractivity contribution in [1.82, 2.24) is 15.3 Å². The van der Waals surface area contributed by atoms with Crippen molar-refractivity contribution in [3.8, 4) is 5.75 Å². The Morgan fingerprint density at radius 2 is 2.13 bits per heavy atom. The van der Waals surface area contributed by atoms with E-state index >= 15 is 0 Å². The second-order valence-electron chi connectivity index (χ2n) is 5.05. The average molecular weight is 374 g/mol. The van der Waals surface area contributed by atoms with Crippen molar-refractivity contribution in [1.29, 1.82) is 0 Å². The van der Waals surface area contributed by atoms with Gasteiger partial charge >= 0.3 is 0 Å². The van der Waals surface area contributed by atoms with Gasteiger partial charge in [-0.2, -0.15) is 0 Å². The van der Waals surface area contributed by atoms with Crippen molar-refractivity contribution in [2.75, 3.05) is 13.7 Å². The first-order valence-electron chi connectivity index (χ1n) is 7.23. The number of aromatic nitrogens is 2. The number of hydrogen-bond donors (Lipinski definition) is 2. The highest BCUT2D eigenvalue weighted by molar-refractivity contribution is 9.10. The second kappa shape index (κ2) is 6.83. The van der Waals surface area contributed by atoms with E-state index in [0.717, 1.165) is 27.1 Å². The van der Waals surface area contributed by atoms with Gasteiger partial charge in [0.05, 0.1) is 23.7 Å². The molecule has 1 aromatic heterocycles. The maximum Gasteiger partial charge on any atom is 0.252 e. The molecule has 1 amide bonds. The van der Waals surface area contributed by atoms with Gasteiger partial charge in [0.15, 0.2) is 0 Å². The van der Waals surface area contributed by atoms with Crippen LogP contribution in [0.15, 0.2) is 46.9 Å². The van der Waals surface area contributed by atoms with Crippen molar-refractivity contribution in [3.05, 3.63) is 58.3 Å². The van der Waals surface area contributed by atoms with Crippen LogP contribution < -0.4 is 10.1 Å². The number of carbonyl (C=O) groups excluding carboxylic acids is 1. The van der Waals surface area contributed by atoms with Crippen LogP contribution in [0.25, 0.3) is 11.0 Å². The molecule has 0 saturated heterocycles. The Bertz CT molecular complexity index is 845. The van der Waals surface area contributed by atoms with Crippen LogP contribution in [0.1, 0.15) is 16.2 Å². The summed E-state index contributed by atoms with van der Waals surface area (Å²) in [6.07, 6.45) is 0.632. The number of nitrogens with zero attached hydrogens (tertiary/aromatic N) is 1. The van der Waals surface area contributed by atoms with Gasteiger partial charge in [0.1, 0.15) is 11.6 Å². The number of halogens is 1. The maximum atomic E-state index is 12.1. The average Bonchev–Trinajstić information content (AvgIpc) is 2.96. The van der Waals surface area contributed by atoms with Crippen LogP contribution in [0.3, 0.4) is 0 Å². The summed E-state index contributed by atoms with van der Waals surface area (Å²) >= 11 is 3.38. The van der Waals surface area contributed by atoms with Gasteiger partial charge in [-0.1, -0.05) is 12.1 Å². The molecule has 0 bridgehead atoms. The van der Waals surface area contributed by atoms with Crippen LogP contribution in [0.4, 0.5) is 0 Å². The summed E-state index contributed by atoms with van der Waals surface area (Å²) in [5.74, 6) is 1.52. The van der Waals surface area contributed by atoms with Gasteiger partial charge in [-0.05, 0) is 40.2 Å². The summed E-state index contributed by atoms with van der Waals surface area (Å²) in [6, 6.07) is 13.0. The minimum atomic E-state index is -0.102. The number of amides is 1. The van der Waals surface area contributed by atoms with E-state index in [-0.39, 0.29) is 5.91 Å². The molecule has 0 aliphatic heterocycles. The van der Waals surface area contributed by atoms with E-state index in [2.05, 4.69) is 31.2 Å². The zero-order chi connectivity index (χ0) is 16.2. The number of aromatic amines is 1. The highest BCUT2D eigenvalue weighted by Gasteiger charge is 2.09. The fraction of sp³-hybridized carbons (Fsp3) is 0.176. The van der Waals surface area contributed by atoms with Crippen molar-refractivity contribution in [2.24, 2.45) is 0 Å². The second-order valence-corrected chi connectivity index (χ2v) is 5.91. The van der Waals surface area contributed by atoms with Crippen molar-refractivity contribution < 1.29 is 9.53 Å². The van der Waals surface area contributed by atoms with E-state index in [9.17, 15) is 4.79 Å². The van der Waals surface area contributed by atoms with Crippen LogP contribution in [-0.2, 0) is 6.42 Å². The highest BCUT2D eigenvalue weighted by Crippen LogP contribution is 2.19. The summed E-state index contributed by atoms with van der Waals surface area (Å²) in [7, 11) is 1.63. The third-order valence-electron chi connectivity index (χ3n) is 3.50. The van der Waals surface area contributed by atoms with E-state index in [0.29, 0.717) is 18.5 Å². The van der Waals surface area contributed by atoms with Gasteiger partial charge in [0.2, 0.25) is 0 Å². The van der Waals surface area contributed by atoms with Crippen LogP contribution in [0.2, 0.25) is 0 Å². The fourth-order valence-electron chi connectivity index (χ4n) is 2.32. The van der Waals surface area contributed by atoms with Gasteiger partial charge in [0.25, 0.3) is 5.91 Å². The summed E-state index contributed by atoms with van der Waals surface area (Å²) in [5, 5.41) is 2.90. The number of rotatable bonds is 5. The zero-order valence-electron chi connectivity index (χ0n) is 12.6. The first kappa shape index (κ1) is 15.6. The molecule has 2 aromatic carbocycles. The van der Waals surface area contributed by atoms with Crippen LogP contribution in [0, 0.1) is 0 Å². The molecule has 0 spiro atoms. The Labute approximate surface area is 142 Å². The minimum Gasteiger partial charge on any atom is -0.497 e. The molecule has 0 unspecified atom stereocenters. The number of H-pyrrole nitrogens is 1. The van der Waals surface area contributed by atoms with Crippen LogP contribution in [0.5, 0.6) is 5.75 Å². The lowest BCUT2D eigenvalue weighted by Crippen LogP contribution is -2.26. The highest BCUT2D eigenvalue weighted by atomic mass is 79.9. The summed E-state index contributed by atoms with van der Waals surface area (Å²) < 4.78 is 5.98. The van der Waals surface area contributed by atoms with E-state index in [1.54, 1.807) is 13.2 Å². The van der Waals surface area contributed by atoms with E-state index in [1.807, 2.05) is 36.4 Å². The SMILES string of the molecule is COc1ccc2nc(CCNC(=O)c3ccccc3Br)[nH]c2c1. The maximum absolute atomic E-state index is 12.1. The summed E-state index contributed by atoms with van der Waals surface area (Å²) in [4.78, 5) is 19.9. The molecule has 23 heavy (non-hydrogen) atoms. The quantitative estimate of drug-likeness (QED) is 0.720. The Balaban J connectivity index is 1.62.